The Labute approximate surface area is 192 Å². The Morgan fingerprint density at radius 1 is 1.03 bits per heavy atom. The maximum absolute atomic E-state index is 14.3. The lowest BCUT2D eigenvalue weighted by Gasteiger charge is -2.29. The largest absolute Gasteiger partial charge is 0.368 e. The van der Waals surface area contributed by atoms with Crippen LogP contribution in [0.4, 0.5) is 10.1 Å². The number of benzene rings is 2. The van der Waals surface area contributed by atoms with Gasteiger partial charge in [-0.2, -0.15) is 0 Å². The van der Waals surface area contributed by atoms with Crippen molar-refractivity contribution < 1.29 is 18.8 Å². The number of carbonyl (C=O) groups is 3. The number of amides is 2. The lowest BCUT2D eigenvalue weighted by Crippen LogP contribution is -2.44. The number of carbonyl (C=O) groups excluding carboxylic acids is 3. The Kier molecular flexibility index (Phi) is 9.61. The summed E-state index contributed by atoms with van der Waals surface area (Å²) in [6.07, 6.45) is 0. The first-order valence-electron chi connectivity index (χ1n) is 10.4. The van der Waals surface area contributed by atoms with Crippen LogP contribution >= 0.6 is 11.6 Å². The Morgan fingerprint density at radius 2 is 1.72 bits per heavy atom. The number of hydrogen-bond donors (Lipinski definition) is 2. The average molecular weight is 463 g/mol. The molecule has 9 heteroatoms. The predicted octanol–water partition coefficient (Wildman–Crippen LogP) is 2.46. The summed E-state index contributed by atoms with van der Waals surface area (Å²) in [5.41, 5.74) is 5.66. The monoisotopic (exact) mass is 462 g/mol. The minimum absolute atomic E-state index is 0.0853. The highest BCUT2D eigenvalue weighted by Crippen LogP contribution is 2.27. The van der Waals surface area contributed by atoms with Crippen LogP contribution in [-0.2, 0) is 9.59 Å². The van der Waals surface area contributed by atoms with Crippen molar-refractivity contribution in [3.63, 3.8) is 0 Å². The van der Waals surface area contributed by atoms with Gasteiger partial charge in [-0.05, 0) is 43.4 Å². The number of ketones is 1. The second-order valence-corrected chi connectivity index (χ2v) is 7.60. The molecule has 0 radical (unpaired) electrons. The van der Waals surface area contributed by atoms with E-state index >= 15 is 0 Å². The zero-order valence-corrected chi connectivity index (χ0v) is 19.0. The van der Waals surface area contributed by atoms with E-state index in [1.54, 1.807) is 23.1 Å². The fourth-order valence-electron chi connectivity index (χ4n) is 3.26. The van der Waals surface area contributed by atoms with Gasteiger partial charge in [-0.15, -0.1) is 0 Å². The molecule has 7 nitrogen and oxygen atoms in total. The summed E-state index contributed by atoms with van der Waals surface area (Å²) in [5.74, 6) is -2.26. The van der Waals surface area contributed by atoms with E-state index in [9.17, 15) is 18.8 Å². The van der Waals surface area contributed by atoms with Gasteiger partial charge in [-0.1, -0.05) is 37.6 Å². The second kappa shape index (κ2) is 12.2. The number of halogens is 2. The molecule has 0 aromatic heterocycles. The number of anilines is 1. The molecule has 0 aliphatic carbocycles. The van der Waals surface area contributed by atoms with E-state index in [0.717, 1.165) is 13.1 Å². The van der Waals surface area contributed by atoms with E-state index in [-0.39, 0.29) is 24.2 Å². The molecule has 0 aliphatic heterocycles. The molecule has 0 atom stereocenters. The fourth-order valence-corrected chi connectivity index (χ4v) is 3.43. The molecule has 2 amide bonds. The van der Waals surface area contributed by atoms with Crippen LogP contribution in [0.1, 0.15) is 29.8 Å². The third-order valence-electron chi connectivity index (χ3n) is 5.04. The number of nitrogens with one attached hydrogen (secondary N) is 1. The molecule has 32 heavy (non-hydrogen) atoms. The van der Waals surface area contributed by atoms with E-state index in [1.165, 1.54) is 24.3 Å². The van der Waals surface area contributed by atoms with Crippen LogP contribution in [0.3, 0.4) is 0 Å². The van der Waals surface area contributed by atoms with Gasteiger partial charge in [0, 0.05) is 29.4 Å². The van der Waals surface area contributed by atoms with Crippen LogP contribution in [0.5, 0.6) is 0 Å². The number of primary amides is 1. The third-order valence-corrected chi connectivity index (χ3v) is 5.27. The molecule has 2 aromatic rings. The molecule has 0 heterocycles. The first-order chi connectivity index (χ1) is 15.3. The SMILES string of the molecule is CCN(CC)CCN(CC(=O)NCC(N)=O)c1ccc(Cl)cc1C(=O)c1ccccc1F. The highest BCUT2D eigenvalue weighted by molar-refractivity contribution is 6.31. The summed E-state index contributed by atoms with van der Waals surface area (Å²) in [6, 6.07) is 10.4. The van der Waals surface area contributed by atoms with E-state index in [1.807, 2.05) is 13.8 Å². The number of likely N-dealkylation sites (N-methyl/N-ethyl adjacent to an activating group) is 1. The first-order valence-corrected chi connectivity index (χ1v) is 10.8. The van der Waals surface area contributed by atoms with Crippen LogP contribution in [0.25, 0.3) is 0 Å². The molecule has 3 N–H and O–H groups in total. The molecule has 0 fully saturated rings. The second-order valence-electron chi connectivity index (χ2n) is 7.16. The van der Waals surface area contributed by atoms with Crippen LogP contribution in [-0.4, -0.2) is 61.8 Å². The summed E-state index contributed by atoms with van der Waals surface area (Å²) in [4.78, 5) is 40.5. The van der Waals surface area contributed by atoms with Crippen LogP contribution in [0, 0.1) is 5.82 Å². The molecule has 0 bridgehead atoms. The summed E-state index contributed by atoms with van der Waals surface area (Å²) in [6.45, 7) is 6.35. The van der Waals surface area contributed by atoms with Gasteiger partial charge < -0.3 is 20.9 Å². The molecule has 172 valence electrons. The van der Waals surface area contributed by atoms with Crippen molar-refractivity contribution in [2.24, 2.45) is 5.73 Å². The Morgan fingerprint density at radius 3 is 2.34 bits per heavy atom. The summed E-state index contributed by atoms with van der Waals surface area (Å²) >= 11 is 6.15. The Bertz CT molecular complexity index is 966. The number of rotatable bonds is 12. The number of nitrogens with zero attached hydrogens (tertiary/aromatic N) is 2. The molecule has 0 aliphatic rings. The first kappa shape index (κ1) is 25.3. The molecule has 2 aromatic carbocycles. The smallest absolute Gasteiger partial charge is 0.239 e. The summed E-state index contributed by atoms with van der Waals surface area (Å²) in [5, 5.41) is 2.77. The molecule has 0 spiro atoms. The molecular weight excluding hydrogens is 435 g/mol. The molecule has 0 saturated carbocycles. The van der Waals surface area contributed by atoms with Crippen molar-refractivity contribution >= 4 is 34.9 Å². The summed E-state index contributed by atoms with van der Waals surface area (Å²) < 4.78 is 14.3. The topological polar surface area (TPSA) is 95.7 Å². The van der Waals surface area contributed by atoms with E-state index in [0.29, 0.717) is 23.8 Å². The molecule has 0 unspecified atom stereocenters. The lowest BCUT2D eigenvalue weighted by atomic mass is 10.0. The Hall–Kier alpha value is -2.97. The van der Waals surface area contributed by atoms with Crippen molar-refractivity contribution in [2.45, 2.75) is 13.8 Å². The van der Waals surface area contributed by atoms with Crippen molar-refractivity contribution in [3.05, 3.63) is 64.4 Å². The third kappa shape index (κ3) is 7.03. The minimum atomic E-state index is -0.657. The van der Waals surface area contributed by atoms with Gasteiger partial charge in [0.05, 0.1) is 18.7 Å². The van der Waals surface area contributed by atoms with Crippen LogP contribution in [0.15, 0.2) is 42.5 Å². The molecular formula is C23H28ClFN4O3. The van der Waals surface area contributed by atoms with Gasteiger partial charge in [0.25, 0.3) is 0 Å². The Balaban J connectivity index is 2.42. The zero-order valence-electron chi connectivity index (χ0n) is 18.2. The fraction of sp³-hybridized carbons (Fsp3) is 0.348. The van der Waals surface area contributed by atoms with E-state index in [4.69, 9.17) is 17.3 Å². The van der Waals surface area contributed by atoms with Gasteiger partial charge in [-0.3, -0.25) is 14.4 Å². The zero-order chi connectivity index (χ0) is 23.7. The molecule has 2 rings (SSSR count). The minimum Gasteiger partial charge on any atom is -0.368 e. The van der Waals surface area contributed by atoms with Gasteiger partial charge >= 0.3 is 0 Å². The molecule has 0 saturated heterocycles. The highest BCUT2D eigenvalue weighted by Gasteiger charge is 2.22. The van der Waals surface area contributed by atoms with E-state index in [2.05, 4.69) is 10.2 Å². The lowest BCUT2D eigenvalue weighted by molar-refractivity contribution is -0.123. The quantitative estimate of drug-likeness (QED) is 0.472. The van der Waals surface area contributed by atoms with E-state index < -0.39 is 23.4 Å². The van der Waals surface area contributed by atoms with Gasteiger partial charge in [0.2, 0.25) is 11.8 Å². The highest BCUT2D eigenvalue weighted by atomic mass is 35.5. The maximum Gasteiger partial charge on any atom is 0.239 e. The van der Waals surface area contributed by atoms with Crippen molar-refractivity contribution in [3.8, 4) is 0 Å². The van der Waals surface area contributed by atoms with Crippen molar-refractivity contribution in [1.29, 1.82) is 0 Å². The van der Waals surface area contributed by atoms with Crippen LogP contribution in [0.2, 0.25) is 5.02 Å². The van der Waals surface area contributed by atoms with Gasteiger partial charge in [0.1, 0.15) is 5.82 Å². The van der Waals surface area contributed by atoms with Gasteiger partial charge in [-0.25, -0.2) is 4.39 Å². The standard InChI is InChI=1S/C23H28ClFN4O3/c1-3-28(4-2)11-12-29(15-22(31)27-14-21(26)30)20-10-9-16(24)13-18(20)23(32)17-7-5-6-8-19(17)25/h5-10,13H,3-4,11-12,14-15H2,1-2H3,(H2,26,30)(H,27,31). The maximum atomic E-state index is 14.3. The van der Waals surface area contributed by atoms with Crippen LogP contribution < -0.4 is 16.0 Å². The van der Waals surface area contributed by atoms with Crippen molar-refractivity contribution in [1.82, 2.24) is 10.2 Å². The normalized spacial score (nSPS) is 10.8. The average Bonchev–Trinajstić information content (AvgIpc) is 2.77. The summed E-state index contributed by atoms with van der Waals surface area (Å²) in [7, 11) is 0. The number of hydrogen-bond acceptors (Lipinski definition) is 5. The van der Waals surface area contributed by atoms with Crippen molar-refractivity contribution in [2.75, 3.05) is 44.2 Å². The predicted molar refractivity (Wildman–Crippen MR) is 123 cm³/mol. The van der Waals surface area contributed by atoms with Gasteiger partial charge in [0.15, 0.2) is 5.78 Å². The number of nitrogens with two attached hydrogens (primary N) is 1.